The number of aliphatic carboxylic acids is 1. The fraction of sp³-hybridized carbons (Fsp3) is 0.250. The molecule has 1 unspecified atom stereocenters. The summed E-state index contributed by atoms with van der Waals surface area (Å²) >= 11 is 0. The fourth-order valence-electron chi connectivity index (χ4n) is 0.946. The van der Waals surface area contributed by atoms with Crippen LogP contribution < -0.4 is 11.3 Å². The van der Waals surface area contributed by atoms with Crippen LogP contribution in [0.4, 0.5) is 0 Å². The third kappa shape index (κ3) is 1.59. The third-order valence-electron chi connectivity index (χ3n) is 1.82. The first kappa shape index (κ1) is 9.47. The zero-order chi connectivity index (χ0) is 10.1. The number of hydrogen-bond acceptors (Lipinski definition) is 3. The maximum absolute atomic E-state index is 11.2. The van der Waals surface area contributed by atoms with Crippen LogP contribution in [0, 0.1) is 0 Å². The number of carboxylic acids is 1. The molecule has 70 valence electrons. The van der Waals surface area contributed by atoms with Crippen LogP contribution in [0.15, 0.2) is 23.1 Å². The Bertz CT molecular complexity index is 381. The van der Waals surface area contributed by atoms with Crippen molar-refractivity contribution < 1.29 is 9.90 Å². The molecule has 0 aromatic carbocycles. The number of pyridine rings is 1. The number of aromatic nitrogens is 1. The lowest BCUT2D eigenvalue weighted by molar-refractivity contribution is -0.143. The van der Waals surface area contributed by atoms with E-state index in [0.29, 0.717) is 0 Å². The highest BCUT2D eigenvalue weighted by atomic mass is 16.4. The SMILES string of the molecule is CC(N)(C(=O)O)c1ccc[nH]c1=O. The standard InChI is InChI=1S/C8H10N2O3/c1-8(9,7(12)13)5-3-2-4-10-6(5)11/h2-4H,9H2,1H3,(H,10,11)(H,12,13). The van der Waals surface area contributed by atoms with Crippen LogP contribution in [0.1, 0.15) is 12.5 Å². The maximum Gasteiger partial charge on any atom is 0.328 e. The summed E-state index contributed by atoms with van der Waals surface area (Å²) in [5.41, 5.74) is 3.39. The van der Waals surface area contributed by atoms with Crippen LogP contribution in [0.25, 0.3) is 0 Å². The van der Waals surface area contributed by atoms with Crippen LogP contribution in [-0.2, 0) is 10.3 Å². The van der Waals surface area contributed by atoms with E-state index in [0.717, 1.165) is 0 Å². The molecule has 1 aromatic rings. The molecule has 0 radical (unpaired) electrons. The second kappa shape index (κ2) is 3.02. The van der Waals surface area contributed by atoms with Gasteiger partial charge in [-0.15, -0.1) is 0 Å². The van der Waals surface area contributed by atoms with E-state index in [1.807, 2.05) is 0 Å². The summed E-state index contributed by atoms with van der Waals surface area (Å²) in [6.45, 7) is 1.28. The second-order valence-electron chi connectivity index (χ2n) is 2.92. The van der Waals surface area contributed by atoms with E-state index in [4.69, 9.17) is 10.8 Å². The molecule has 4 N–H and O–H groups in total. The molecule has 1 aromatic heterocycles. The third-order valence-corrected chi connectivity index (χ3v) is 1.82. The van der Waals surface area contributed by atoms with E-state index in [2.05, 4.69) is 4.98 Å². The Morgan fingerprint density at radius 2 is 2.31 bits per heavy atom. The van der Waals surface area contributed by atoms with Crippen LogP contribution in [0.2, 0.25) is 0 Å². The molecule has 0 aliphatic heterocycles. The van der Waals surface area contributed by atoms with Gasteiger partial charge in [-0.05, 0) is 19.1 Å². The summed E-state index contributed by atoms with van der Waals surface area (Å²) in [6.07, 6.45) is 1.42. The number of hydrogen-bond donors (Lipinski definition) is 3. The predicted octanol–water partition coefficient (Wildman–Crippen LogP) is -0.367. The quantitative estimate of drug-likeness (QED) is 0.581. The van der Waals surface area contributed by atoms with Gasteiger partial charge >= 0.3 is 5.97 Å². The monoisotopic (exact) mass is 182 g/mol. The highest BCUT2D eigenvalue weighted by molar-refractivity contribution is 5.79. The minimum Gasteiger partial charge on any atom is -0.480 e. The van der Waals surface area contributed by atoms with E-state index in [9.17, 15) is 9.59 Å². The summed E-state index contributed by atoms with van der Waals surface area (Å²) in [6, 6.07) is 2.93. The smallest absolute Gasteiger partial charge is 0.328 e. The number of nitrogens with two attached hydrogens (primary N) is 1. The molecular formula is C8H10N2O3. The second-order valence-corrected chi connectivity index (χ2v) is 2.92. The zero-order valence-corrected chi connectivity index (χ0v) is 7.07. The number of nitrogens with one attached hydrogen (secondary N) is 1. The predicted molar refractivity (Wildman–Crippen MR) is 46.2 cm³/mol. The van der Waals surface area contributed by atoms with Crippen LogP contribution in [-0.4, -0.2) is 16.1 Å². The van der Waals surface area contributed by atoms with E-state index in [-0.39, 0.29) is 5.56 Å². The summed E-state index contributed by atoms with van der Waals surface area (Å²) in [4.78, 5) is 24.2. The average molecular weight is 182 g/mol. The van der Waals surface area contributed by atoms with E-state index in [1.165, 1.54) is 25.3 Å². The van der Waals surface area contributed by atoms with Crippen molar-refractivity contribution in [3.8, 4) is 0 Å². The van der Waals surface area contributed by atoms with Gasteiger partial charge in [0.2, 0.25) is 0 Å². The molecular weight excluding hydrogens is 172 g/mol. The van der Waals surface area contributed by atoms with Gasteiger partial charge < -0.3 is 15.8 Å². The number of H-pyrrole nitrogens is 1. The number of rotatable bonds is 2. The Hall–Kier alpha value is -1.62. The molecule has 1 rings (SSSR count). The minimum atomic E-state index is -1.64. The summed E-state index contributed by atoms with van der Waals surface area (Å²) in [5, 5.41) is 8.74. The normalized spacial score (nSPS) is 14.9. The van der Waals surface area contributed by atoms with Gasteiger partial charge in [0.25, 0.3) is 5.56 Å². The minimum absolute atomic E-state index is 0.0440. The Balaban J connectivity index is 3.30. The first-order valence-corrected chi connectivity index (χ1v) is 3.66. The molecule has 0 aliphatic carbocycles. The van der Waals surface area contributed by atoms with E-state index in [1.54, 1.807) is 0 Å². The van der Waals surface area contributed by atoms with Gasteiger partial charge in [0.05, 0.1) is 0 Å². The lowest BCUT2D eigenvalue weighted by atomic mass is 9.95. The van der Waals surface area contributed by atoms with Gasteiger partial charge in [-0.3, -0.25) is 4.79 Å². The molecule has 1 heterocycles. The van der Waals surface area contributed by atoms with E-state index >= 15 is 0 Å². The van der Waals surface area contributed by atoms with Gasteiger partial charge in [-0.1, -0.05) is 0 Å². The Morgan fingerprint density at radius 3 is 2.77 bits per heavy atom. The Morgan fingerprint density at radius 1 is 1.69 bits per heavy atom. The largest absolute Gasteiger partial charge is 0.480 e. The highest BCUT2D eigenvalue weighted by Crippen LogP contribution is 2.12. The van der Waals surface area contributed by atoms with Crippen LogP contribution in [0.3, 0.4) is 0 Å². The van der Waals surface area contributed by atoms with Gasteiger partial charge in [-0.25, -0.2) is 4.79 Å². The van der Waals surface area contributed by atoms with Gasteiger partial charge in [0, 0.05) is 11.8 Å². The van der Waals surface area contributed by atoms with Crippen molar-refractivity contribution >= 4 is 5.97 Å². The van der Waals surface area contributed by atoms with Crippen molar-refractivity contribution in [2.75, 3.05) is 0 Å². The number of aromatic amines is 1. The number of carboxylic acid groups (broad SMARTS) is 1. The molecule has 13 heavy (non-hydrogen) atoms. The molecule has 5 heteroatoms. The fourth-order valence-corrected chi connectivity index (χ4v) is 0.946. The topological polar surface area (TPSA) is 96.2 Å². The molecule has 0 saturated carbocycles. The zero-order valence-electron chi connectivity index (χ0n) is 7.07. The Labute approximate surface area is 74.2 Å². The lowest BCUT2D eigenvalue weighted by Crippen LogP contribution is -2.45. The molecule has 1 atom stereocenters. The van der Waals surface area contributed by atoms with Crippen LogP contribution in [0.5, 0.6) is 0 Å². The van der Waals surface area contributed by atoms with Crippen molar-refractivity contribution in [1.29, 1.82) is 0 Å². The molecule has 0 amide bonds. The van der Waals surface area contributed by atoms with Crippen molar-refractivity contribution in [2.24, 2.45) is 5.73 Å². The van der Waals surface area contributed by atoms with Crippen molar-refractivity contribution in [3.63, 3.8) is 0 Å². The Kier molecular flexibility index (Phi) is 2.20. The first-order valence-electron chi connectivity index (χ1n) is 3.66. The van der Waals surface area contributed by atoms with Crippen molar-refractivity contribution in [1.82, 2.24) is 4.98 Å². The van der Waals surface area contributed by atoms with E-state index < -0.39 is 17.1 Å². The molecule has 0 fully saturated rings. The molecule has 0 aliphatic rings. The highest BCUT2D eigenvalue weighted by Gasteiger charge is 2.32. The molecule has 0 saturated heterocycles. The van der Waals surface area contributed by atoms with Gasteiger partial charge in [0.15, 0.2) is 0 Å². The van der Waals surface area contributed by atoms with Gasteiger partial charge in [0.1, 0.15) is 5.54 Å². The lowest BCUT2D eigenvalue weighted by Gasteiger charge is -2.17. The summed E-state index contributed by atoms with van der Waals surface area (Å²) in [7, 11) is 0. The molecule has 0 bridgehead atoms. The van der Waals surface area contributed by atoms with Crippen LogP contribution >= 0.6 is 0 Å². The molecule has 0 spiro atoms. The van der Waals surface area contributed by atoms with Gasteiger partial charge in [-0.2, -0.15) is 0 Å². The first-order chi connectivity index (χ1) is 5.96. The average Bonchev–Trinajstić information content (AvgIpc) is 2.04. The molecule has 5 nitrogen and oxygen atoms in total. The van der Waals surface area contributed by atoms with Crippen molar-refractivity contribution in [3.05, 3.63) is 34.2 Å². The van der Waals surface area contributed by atoms with Crippen molar-refractivity contribution in [2.45, 2.75) is 12.5 Å². The maximum atomic E-state index is 11.2. The number of carbonyl (C=O) groups is 1. The summed E-state index contributed by atoms with van der Waals surface area (Å²) < 4.78 is 0. The summed E-state index contributed by atoms with van der Waals surface area (Å²) in [5.74, 6) is -1.23.